The smallest absolute Gasteiger partial charge is 0.273 e. The zero-order chi connectivity index (χ0) is 13.0. The highest BCUT2D eigenvalue weighted by Gasteiger charge is 2.11. The SMILES string of the molecule is O=[N+]([O-])c1ccc(CBr)c(Oc2ccccc2)c1. The normalized spacial score (nSPS) is 10.1. The van der Waals surface area contributed by atoms with Crippen LogP contribution in [-0.2, 0) is 5.33 Å². The Morgan fingerprint density at radius 2 is 1.89 bits per heavy atom. The van der Waals surface area contributed by atoms with Crippen LogP contribution in [0.4, 0.5) is 5.69 Å². The highest BCUT2D eigenvalue weighted by molar-refractivity contribution is 9.08. The summed E-state index contributed by atoms with van der Waals surface area (Å²) in [5, 5.41) is 11.3. The van der Waals surface area contributed by atoms with E-state index < -0.39 is 4.92 Å². The molecule has 18 heavy (non-hydrogen) atoms. The number of hydrogen-bond acceptors (Lipinski definition) is 3. The van der Waals surface area contributed by atoms with Crippen molar-refractivity contribution < 1.29 is 9.66 Å². The second kappa shape index (κ2) is 5.64. The summed E-state index contributed by atoms with van der Waals surface area (Å²) in [5.41, 5.74) is 0.884. The maximum absolute atomic E-state index is 10.7. The van der Waals surface area contributed by atoms with Crippen molar-refractivity contribution in [1.82, 2.24) is 0 Å². The molecule has 0 unspecified atom stereocenters. The Hall–Kier alpha value is -1.88. The van der Waals surface area contributed by atoms with E-state index in [0.717, 1.165) is 5.56 Å². The Bertz CT molecular complexity index is 557. The summed E-state index contributed by atoms with van der Waals surface area (Å²) >= 11 is 3.33. The molecule has 5 heteroatoms. The zero-order valence-corrected chi connectivity index (χ0v) is 11.0. The maximum atomic E-state index is 10.7. The predicted octanol–water partition coefficient (Wildman–Crippen LogP) is 4.28. The quantitative estimate of drug-likeness (QED) is 0.481. The monoisotopic (exact) mass is 307 g/mol. The van der Waals surface area contributed by atoms with Gasteiger partial charge >= 0.3 is 0 Å². The second-order valence-electron chi connectivity index (χ2n) is 3.60. The molecule has 2 aromatic rings. The molecule has 92 valence electrons. The molecular weight excluding hydrogens is 298 g/mol. The van der Waals surface area contributed by atoms with Crippen molar-refractivity contribution in [3.63, 3.8) is 0 Å². The van der Waals surface area contributed by atoms with Crippen molar-refractivity contribution in [3.8, 4) is 11.5 Å². The molecule has 0 radical (unpaired) electrons. The number of ether oxygens (including phenoxy) is 1. The minimum atomic E-state index is -0.435. The third-order valence-corrected chi connectivity index (χ3v) is 2.98. The van der Waals surface area contributed by atoms with E-state index >= 15 is 0 Å². The van der Waals surface area contributed by atoms with Gasteiger partial charge in [0.05, 0.1) is 11.0 Å². The van der Waals surface area contributed by atoms with Gasteiger partial charge in [0.2, 0.25) is 0 Å². The number of alkyl halides is 1. The average Bonchev–Trinajstić information content (AvgIpc) is 2.39. The van der Waals surface area contributed by atoms with Gasteiger partial charge in [-0.2, -0.15) is 0 Å². The van der Waals surface area contributed by atoms with Crippen LogP contribution in [0.5, 0.6) is 11.5 Å². The lowest BCUT2D eigenvalue weighted by atomic mass is 10.2. The fraction of sp³-hybridized carbons (Fsp3) is 0.0769. The van der Waals surface area contributed by atoms with E-state index in [1.54, 1.807) is 18.2 Å². The van der Waals surface area contributed by atoms with Crippen LogP contribution in [0.1, 0.15) is 5.56 Å². The molecule has 0 fully saturated rings. The van der Waals surface area contributed by atoms with Crippen molar-refractivity contribution in [2.45, 2.75) is 5.33 Å². The number of nitro groups is 1. The van der Waals surface area contributed by atoms with Gasteiger partial charge in [-0.1, -0.05) is 34.1 Å². The average molecular weight is 308 g/mol. The molecule has 2 rings (SSSR count). The molecule has 0 aliphatic heterocycles. The van der Waals surface area contributed by atoms with Gasteiger partial charge in [-0.05, 0) is 18.2 Å². The molecule has 0 heterocycles. The summed E-state index contributed by atoms with van der Waals surface area (Å²) < 4.78 is 5.66. The van der Waals surface area contributed by atoms with Crippen LogP contribution in [0, 0.1) is 10.1 Å². The molecule has 0 aliphatic rings. The predicted molar refractivity (Wildman–Crippen MR) is 72.2 cm³/mol. The number of rotatable bonds is 4. The summed E-state index contributed by atoms with van der Waals surface area (Å²) in [5.74, 6) is 1.15. The van der Waals surface area contributed by atoms with Crippen LogP contribution in [0.3, 0.4) is 0 Å². The Labute approximate surface area is 112 Å². The van der Waals surface area contributed by atoms with Gasteiger partial charge in [0, 0.05) is 17.0 Å². The fourth-order valence-electron chi connectivity index (χ4n) is 1.48. The third kappa shape index (κ3) is 2.87. The number of nitrogens with zero attached hydrogens (tertiary/aromatic N) is 1. The minimum Gasteiger partial charge on any atom is -0.457 e. The second-order valence-corrected chi connectivity index (χ2v) is 4.16. The number of para-hydroxylation sites is 1. The molecule has 0 bridgehead atoms. The number of benzene rings is 2. The van der Waals surface area contributed by atoms with Crippen molar-refractivity contribution in [2.24, 2.45) is 0 Å². The van der Waals surface area contributed by atoms with Crippen molar-refractivity contribution in [2.75, 3.05) is 0 Å². The minimum absolute atomic E-state index is 0.0191. The van der Waals surface area contributed by atoms with Crippen LogP contribution in [0.25, 0.3) is 0 Å². The van der Waals surface area contributed by atoms with Gasteiger partial charge in [0.1, 0.15) is 11.5 Å². The van der Waals surface area contributed by atoms with Gasteiger partial charge in [-0.3, -0.25) is 10.1 Å². The van der Waals surface area contributed by atoms with E-state index in [4.69, 9.17) is 4.74 Å². The van der Waals surface area contributed by atoms with E-state index in [9.17, 15) is 10.1 Å². The first-order chi connectivity index (χ1) is 8.70. The molecule has 0 saturated carbocycles. The zero-order valence-electron chi connectivity index (χ0n) is 9.38. The molecule has 0 aliphatic carbocycles. The first-order valence-electron chi connectivity index (χ1n) is 5.27. The standard InChI is InChI=1S/C13H10BrNO3/c14-9-10-6-7-11(15(16)17)8-13(10)18-12-4-2-1-3-5-12/h1-8H,9H2. The van der Waals surface area contributed by atoms with Gasteiger partial charge in [-0.25, -0.2) is 0 Å². The van der Waals surface area contributed by atoms with Crippen LogP contribution < -0.4 is 4.74 Å². The summed E-state index contributed by atoms with van der Waals surface area (Å²) in [6.07, 6.45) is 0. The van der Waals surface area contributed by atoms with Crippen LogP contribution >= 0.6 is 15.9 Å². The molecular formula is C13H10BrNO3. The first kappa shape index (κ1) is 12.6. The summed E-state index contributed by atoms with van der Waals surface area (Å²) in [6.45, 7) is 0. The largest absolute Gasteiger partial charge is 0.457 e. The van der Waals surface area contributed by atoms with E-state index in [2.05, 4.69) is 15.9 Å². The molecule has 0 spiro atoms. The lowest BCUT2D eigenvalue weighted by Gasteiger charge is -2.09. The number of nitro benzene ring substituents is 1. The van der Waals surface area contributed by atoms with Crippen LogP contribution in [0.15, 0.2) is 48.5 Å². The number of non-ortho nitro benzene ring substituents is 1. The van der Waals surface area contributed by atoms with Crippen molar-refractivity contribution in [1.29, 1.82) is 0 Å². The van der Waals surface area contributed by atoms with Gasteiger partial charge in [-0.15, -0.1) is 0 Å². The summed E-state index contributed by atoms with van der Waals surface area (Å²) in [4.78, 5) is 10.3. The van der Waals surface area contributed by atoms with Crippen molar-refractivity contribution in [3.05, 3.63) is 64.2 Å². The van der Waals surface area contributed by atoms with Crippen LogP contribution in [-0.4, -0.2) is 4.92 Å². The molecule has 0 aromatic heterocycles. The third-order valence-electron chi connectivity index (χ3n) is 2.38. The number of halogens is 1. The molecule has 2 aromatic carbocycles. The van der Waals surface area contributed by atoms with Gasteiger partial charge in [0.15, 0.2) is 0 Å². The van der Waals surface area contributed by atoms with E-state index in [1.807, 2.05) is 18.2 Å². The maximum Gasteiger partial charge on any atom is 0.273 e. The lowest BCUT2D eigenvalue weighted by Crippen LogP contribution is -1.93. The molecule has 0 amide bonds. The van der Waals surface area contributed by atoms with Gasteiger partial charge in [0.25, 0.3) is 5.69 Å². The Balaban J connectivity index is 2.35. The fourth-order valence-corrected chi connectivity index (χ4v) is 1.94. The van der Waals surface area contributed by atoms with Crippen molar-refractivity contribution >= 4 is 21.6 Å². The van der Waals surface area contributed by atoms with Gasteiger partial charge < -0.3 is 4.74 Å². The summed E-state index contributed by atoms with van der Waals surface area (Å²) in [7, 11) is 0. The molecule has 4 nitrogen and oxygen atoms in total. The Morgan fingerprint density at radius 1 is 1.17 bits per heavy atom. The summed E-state index contributed by atoms with van der Waals surface area (Å²) in [6, 6.07) is 13.8. The lowest BCUT2D eigenvalue weighted by molar-refractivity contribution is -0.384. The van der Waals surface area contributed by atoms with E-state index in [-0.39, 0.29) is 5.69 Å². The topological polar surface area (TPSA) is 52.4 Å². The molecule has 0 saturated heterocycles. The highest BCUT2D eigenvalue weighted by Crippen LogP contribution is 2.30. The molecule has 0 N–H and O–H groups in total. The first-order valence-corrected chi connectivity index (χ1v) is 6.39. The van der Waals surface area contributed by atoms with E-state index in [0.29, 0.717) is 16.8 Å². The number of hydrogen-bond donors (Lipinski definition) is 0. The van der Waals surface area contributed by atoms with E-state index in [1.165, 1.54) is 12.1 Å². The Morgan fingerprint density at radius 3 is 2.50 bits per heavy atom. The Kier molecular flexibility index (Phi) is 3.94. The highest BCUT2D eigenvalue weighted by atomic mass is 79.9. The molecule has 0 atom stereocenters. The van der Waals surface area contributed by atoms with Crippen LogP contribution in [0.2, 0.25) is 0 Å².